The van der Waals surface area contributed by atoms with Gasteiger partial charge in [-0.2, -0.15) is 0 Å². The highest BCUT2D eigenvalue weighted by Crippen LogP contribution is 2.12. The van der Waals surface area contributed by atoms with Crippen LogP contribution < -0.4 is 0 Å². The minimum Gasteiger partial charge on any atom is -0.306 e. The fourth-order valence-corrected chi connectivity index (χ4v) is 2.84. The van der Waals surface area contributed by atoms with Crippen LogP contribution in [0.2, 0.25) is 0 Å². The highest BCUT2D eigenvalue weighted by Gasteiger charge is 2.07. The van der Waals surface area contributed by atoms with Crippen LogP contribution in [0.25, 0.3) is 0 Å². The first kappa shape index (κ1) is 14.9. The second-order valence-electron chi connectivity index (χ2n) is 5.04. The van der Waals surface area contributed by atoms with E-state index in [2.05, 4.69) is 36.2 Å². The molecule has 0 aliphatic heterocycles. The van der Waals surface area contributed by atoms with Crippen LogP contribution in [0, 0.1) is 0 Å². The molecule has 3 heteroatoms. The second kappa shape index (κ2) is 7.98. The zero-order valence-corrected chi connectivity index (χ0v) is 12.7. The molecule has 20 heavy (non-hydrogen) atoms. The molecule has 0 N–H and O–H groups in total. The van der Waals surface area contributed by atoms with Crippen LogP contribution in [-0.4, -0.2) is 30.8 Å². The number of likely N-dealkylation sites (N-methyl/N-ethyl adjacent to an activating group) is 1. The maximum atomic E-state index is 11.9. The lowest BCUT2D eigenvalue weighted by Crippen LogP contribution is -2.23. The van der Waals surface area contributed by atoms with Gasteiger partial charge in [-0.3, -0.25) is 4.79 Å². The van der Waals surface area contributed by atoms with E-state index in [-0.39, 0.29) is 5.78 Å². The lowest BCUT2D eigenvalue weighted by atomic mass is 10.1. The zero-order valence-electron chi connectivity index (χ0n) is 11.9. The normalized spacial score (nSPS) is 10.9. The molecule has 0 amide bonds. The minimum absolute atomic E-state index is 0.274. The predicted molar refractivity (Wildman–Crippen MR) is 85.5 cm³/mol. The average Bonchev–Trinajstić information content (AvgIpc) is 3.00. The van der Waals surface area contributed by atoms with E-state index in [1.54, 1.807) is 0 Å². The van der Waals surface area contributed by atoms with Crippen LogP contribution in [0.3, 0.4) is 0 Å². The minimum atomic E-state index is 0.274. The molecule has 2 nitrogen and oxygen atoms in total. The molecule has 0 bridgehead atoms. The van der Waals surface area contributed by atoms with Crippen molar-refractivity contribution in [3.8, 4) is 0 Å². The molecule has 0 aliphatic carbocycles. The Balaban J connectivity index is 1.63. The Labute approximate surface area is 125 Å². The summed E-state index contributed by atoms with van der Waals surface area (Å²) in [6.45, 7) is 2.02. The first-order valence-corrected chi connectivity index (χ1v) is 7.93. The first-order chi connectivity index (χ1) is 9.75. The molecule has 106 valence electrons. The lowest BCUT2D eigenvalue weighted by Gasteiger charge is -2.16. The third-order valence-electron chi connectivity index (χ3n) is 3.36. The summed E-state index contributed by atoms with van der Waals surface area (Å²) in [5.41, 5.74) is 1.37. The number of carbonyl (C=O) groups is 1. The van der Waals surface area contributed by atoms with Crippen molar-refractivity contribution < 1.29 is 4.79 Å². The Morgan fingerprint density at radius 3 is 2.60 bits per heavy atom. The van der Waals surface area contributed by atoms with E-state index in [1.165, 1.54) is 16.9 Å². The van der Waals surface area contributed by atoms with Crippen molar-refractivity contribution in [1.82, 2.24) is 4.90 Å². The topological polar surface area (TPSA) is 20.3 Å². The van der Waals surface area contributed by atoms with Crippen molar-refractivity contribution in [3.63, 3.8) is 0 Å². The summed E-state index contributed by atoms with van der Waals surface area (Å²) in [6, 6.07) is 14.4. The van der Waals surface area contributed by atoms with Crippen LogP contribution in [0.1, 0.15) is 28.1 Å². The summed E-state index contributed by atoms with van der Waals surface area (Å²) in [4.78, 5) is 15.0. The van der Waals surface area contributed by atoms with Gasteiger partial charge in [-0.1, -0.05) is 36.4 Å². The molecule has 0 saturated carbocycles. The summed E-state index contributed by atoms with van der Waals surface area (Å²) in [6.07, 6.45) is 2.65. The van der Waals surface area contributed by atoms with Crippen LogP contribution in [0.5, 0.6) is 0 Å². The number of carbonyl (C=O) groups excluding carboxylic acids is 1. The maximum absolute atomic E-state index is 11.9. The van der Waals surface area contributed by atoms with E-state index in [9.17, 15) is 4.79 Å². The molecule has 0 spiro atoms. The Bertz CT molecular complexity index is 507. The average molecular weight is 287 g/mol. The number of nitrogens with zero attached hydrogens (tertiary/aromatic N) is 1. The molecule has 2 aromatic rings. The van der Waals surface area contributed by atoms with Crippen molar-refractivity contribution in [2.75, 3.05) is 20.1 Å². The number of benzene rings is 1. The van der Waals surface area contributed by atoms with Crippen LogP contribution >= 0.6 is 11.3 Å². The summed E-state index contributed by atoms with van der Waals surface area (Å²) >= 11 is 1.53. The highest BCUT2D eigenvalue weighted by molar-refractivity contribution is 7.12. The monoisotopic (exact) mass is 287 g/mol. The van der Waals surface area contributed by atoms with Gasteiger partial charge in [0.25, 0.3) is 0 Å². The van der Waals surface area contributed by atoms with Crippen molar-refractivity contribution in [1.29, 1.82) is 0 Å². The fourth-order valence-electron chi connectivity index (χ4n) is 2.15. The molecule has 1 aromatic carbocycles. The lowest BCUT2D eigenvalue weighted by molar-refractivity contribution is 0.0980. The van der Waals surface area contributed by atoms with Gasteiger partial charge in [0, 0.05) is 13.0 Å². The molecular weight excluding hydrogens is 266 g/mol. The Kier molecular flexibility index (Phi) is 5.96. The zero-order chi connectivity index (χ0) is 14.2. The maximum Gasteiger partial charge on any atom is 0.172 e. The Hall–Kier alpha value is -1.45. The van der Waals surface area contributed by atoms with Gasteiger partial charge in [0.05, 0.1) is 4.88 Å². The molecule has 0 atom stereocenters. The van der Waals surface area contributed by atoms with Crippen LogP contribution in [-0.2, 0) is 6.42 Å². The van der Waals surface area contributed by atoms with Crippen LogP contribution in [0.4, 0.5) is 0 Å². The Morgan fingerprint density at radius 2 is 1.90 bits per heavy atom. The summed E-state index contributed by atoms with van der Waals surface area (Å²) in [7, 11) is 2.12. The molecule has 0 unspecified atom stereocenters. The molecule has 0 saturated heterocycles. The first-order valence-electron chi connectivity index (χ1n) is 7.05. The van der Waals surface area contributed by atoms with Gasteiger partial charge in [-0.25, -0.2) is 0 Å². The van der Waals surface area contributed by atoms with Gasteiger partial charge in [-0.15, -0.1) is 11.3 Å². The van der Waals surface area contributed by atoms with Crippen LogP contribution in [0.15, 0.2) is 47.8 Å². The second-order valence-corrected chi connectivity index (χ2v) is 5.99. The summed E-state index contributed by atoms with van der Waals surface area (Å²) in [5.74, 6) is 0.274. The van der Waals surface area contributed by atoms with E-state index in [0.717, 1.165) is 30.8 Å². The standard InChI is InChI=1S/C17H21NOS/c1-18(13-11-15-7-3-2-4-8-15)12-5-9-16(19)17-10-6-14-20-17/h2-4,6-8,10,14H,5,9,11-13H2,1H3. The number of ketones is 1. The van der Waals surface area contributed by atoms with Crippen molar-refractivity contribution in [3.05, 3.63) is 58.3 Å². The number of hydrogen-bond acceptors (Lipinski definition) is 3. The van der Waals surface area contributed by atoms with E-state index in [1.807, 2.05) is 23.6 Å². The fraction of sp³-hybridized carbons (Fsp3) is 0.353. The molecule has 1 heterocycles. The third-order valence-corrected chi connectivity index (χ3v) is 4.28. The SMILES string of the molecule is CN(CCCC(=O)c1cccs1)CCc1ccccc1. The summed E-state index contributed by atoms with van der Waals surface area (Å²) < 4.78 is 0. The van der Waals surface area contributed by atoms with Gasteiger partial charge in [0.2, 0.25) is 0 Å². The Morgan fingerprint density at radius 1 is 1.10 bits per heavy atom. The highest BCUT2D eigenvalue weighted by atomic mass is 32.1. The predicted octanol–water partition coefficient (Wildman–Crippen LogP) is 3.89. The largest absolute Gasteiger partial charge is 0.306 e. The third kappa shape index (κ3) is 4.91. The molecule has 0 fully saturated rings. The van der Waals surface area contributed by atoms with Gasteiger partial charge in [0.1, 0.15) is 0 Å². The molecule has 0 aliphatic rings. The molecular formula is C17H21NOS. The molecule has 0 radical (unpaired) electrons. The quantitative estimate of drug-likeness (QED) is 0.687. The van der Waals surface area contributed by atoms with Crippen molar-refractivity contribution in [2.45, 2.75) is 19.3 Å². The number of Topliss-reactive ketones (excluding diaryl/α,β-unsaturated/α-hetero) is 1. The van der Waals surface area contributed by atoms with Gasteiger partial charge < -0.3 is 4.90 Å². The number of rotatable bonds is 8. The van der Waals surface area contributed by atoms with Gasteiger partial charge >= 0.3 is 0 Å². The molecule has 2 rings (SSSR count). The van der Waals surface area contributed by atoms with E-state index in [0.29, 0.717) is 6.42 Å². The van der Waals surface area contributed by atoms with E-state index in [4.69, 9.17) is 0 Å². The summed E-state index contributed by atoms with van der Waals surface area (Å²) in [5, 5.41) is 1.96. The number of thiophene rings is 1. The van der Waals surface area contributed by atoms with E-state index >= 15 is 0 Å². The van der Waals surface area contributed by atoms with Gasteiger partial charge in [-0.05, 0) is 43.4 Å². The molecule has 1 aromatic heterocycles. The number of hydrogen-bond donors (Lipinski definition) is 0. The van der Waals surface area contributed by atoms with Gasteiger partial charge in [0.15, 0.2) is 5.78 Å². The van der Waals surface area contributed by atoms with Crippen molar-refractivity contribution in [2.24, 2.45) is 0 Å². The smallest absolute Gasteiger partial charge is 0.172 e. The van der Waals surface area contributed by atoms with E-state index < -0.39 is 0 Å². The van der Waals surface area contributed by atoms with Crippen molar-refractivity contribution >= 4 is 17.1 Å².